The Morgan fingerprint density at radius 2 is 1.74 bits per heavy atom. The van der Waals surface area contributed by atoms with Gasteiger partial charge in [-0.05, 0) is 65.2 Å². The van der Waals surface area contributed by atoms with Crippen LogP contribution in [0.2, 0.25) is 10.0 Å². The second-order valence-corrected chi connectivity index (χ2v) is 6.20. The highest BCUT2D eigenvalue weighted by atomic mass is 79.9. The summed E-state index contributed by atoms with van der Waals surface area (Å²) in [5, 5.41) is 4.94. The van der Waals surface area contributed by atoms with Gasteiger partial charge in [-0.2, -0.15) is 0 Å². The zero-order valence-corrected chi connectivity index (χ0v) is 13.8. The lowest BCUT2D eigenvalue weighted by Crippen LogP contribution is -2.07. The summed E-state index contributed by atoms with van der Waals surface area (Å²) in [4.78, 5) is 0. The van der Waals surface area contributed by atoms with E-state index in [1.165, 1.54) is 5.56 Å². The number of nitrogens with one attached hydrogen (secondary N) is 1. The van der Waals surface area contributed by atoms with E-state index < -0.39 is 0 Å². The molecule has 0 bridgehead atoms. The fourth-order valence-electron chi connectivity index (χ4n) is 1.82. The topological polar surface area (TPSA) is 12.0 Å². The Morgan fingerprint density at radius 3 is 2.37 bits per heavy atom. The van der Waals surface area contributed by atoms with E-state index >= 15 is 0 Å². The third kappa shape index (κ3) is 3.65. The third-order valence-electron chi connectivity index (χ3n) is 2.99. The number of aryl methyl sites for hydroxylation is 1. The smallest absolute Gasteiger partial charge is 0.0504 e. The number of hydrogen-bond donors (Lipinski definition) is 1. The van der Waals surface area contributed by atoms with Gasteiger partial charge in [-0.15, -0.1) is 0 Å². The van der Waals surface area contributed by atoms with Crippen LogP contribution in [0.15, 0.2) is 40.9 Å². The molecule has 0 aliphatic carbocycles. The van der Waals surface area contributed by atoms with Gasteiger partial charge in [0, 0.05) is 20.6 Å². The summed E-state index contributed by atoms with van der Waals surface area (Å²) in [5.74, 6) is 0. The lowest BCUT2D eigenvalue weighted by molar-refractivity contribution is 0.883. The highest BCUT2D eigenvalue weighted by Crippen LogP contribution is 2.31. The minimum atomic E-state index is 0.173. The molecule has 1 nitrogen and oxygen atoms in total. The van der Waals surface area contributed by atoms with Gasteiger partial charge in [-0.1, -0.05) is 35.3 Å². The molecule has 0 amide bonds. The molecule has 0 aliphatic rings. The van der Waals surface area contributed by atoms with Crippen LogP contribution in [0, 0.1) is 6.92 Å². The van der Waals surface area contributed by atoms with Gasteiger partial charge >= 0.3 is 0 Å². The molecule has 19 heavy (non-hydrogen) atoms. The van der Waals surface area contributed by atoms with E-state index in [9.17, 15) is 0 Å². The average molecular weight is 359 g/mol. The summed E-state index contributed by atoms with van der Waals surface area (Å²) in [7, 11) is 0. The summed E-state index contributed by atoms with van der Waals surface area (Å²) >= 11 is 15.6. The average Bonchev–Trinajstić information content (AvgIpc) is 2.36. The maximum Gasteiger partial charge on any atom is 0.0504 e. The van der Waals surface area contributed by atoms with Gasteiger partial charge in [0.15, 0.2) is 0 Å². The number of benzene rings is 2. The molecule has 4 heteroatoms. The Bertz CT molecular complexity index is 581. The van der Waals surface area contributed by atoms with Crippen LogP contribution < -0.4 is 5.32 Å². The van der Waals surface area contributed by atoms with Gasteiger partial charge in [0.25, 0.3) is 0 Å². The molecule has 1 atom stereocenters. The number of anilines is 1. The zero-order valence-electron chi connectivity index (χ0n) is 10.7. The summed E-state index contributed by atoms with van der Waals surface area (Å²) < 4.78 is 1.01. The first-order chi connectivity index (χ1) is 8.97. The van der Waals surface area contributed by atoms with E-state index in [0.717, 1.165) is 25.8 Å². The van der Waals surface area contributed by atoms with Crippen molar-refractivity contribution in [1.29, 1.82) is 0 Å². The molecule has 0 aromatic heterocycles. The molecule has 1 N–H and O–H groups in total. The quantitative estimate of drug-likeness (QED) is 0.684. The molecule has 2 aromatic carbocycles. The van der Waals surface area contributed by atoms with E-state index in [1.54, 1.807) is 0 Å². The van der Waals surface area contributed by atoms with Crippen LogP contribution in [-0.2, 0) is 0 Å². The molecule has 2 aromatic rings. The Morgan fingerprint density at radius 1 is 1.11 bits per heavy atom. The van der Waals surface area contributed by atoms with Gasteiger partial charge in [-0.25, -0.2) is 0 Å². The Balaban J connectivity index is 2.21. The lowest BCUT2D eigenvalue weighted by atomic mass is 10.1. The number of hydrogen-bond acceptors (Lipinski definition) is 1. The summed E-state index contributed by atoms with van der Waals surface area (Å²) in [6, 6.07) is 11.9. The van der Waals surface area contributed by atoms with Crippen molar-refractivity contribution in [2.75, 3.05) is 5.32 Å². The van der Waals surface area contributed by atoms with Crippen molar-refractivity contribution in [3.63, 3.8) is 0 Å². The first-order valence-corrected chi connectivity index (χ1v) is 7.50. The van der Waals surface area contributed by atoms with Crippen LogP contribution in [0.25, 0.3) is 0 Å². The molecular formula is C15H14BrCl2N. The molecule has 2 rings (SSSR count). The predicted molar refractivity (Wildman–Crippen MR) is 87.4 cm³/mol. The molecule has 0 saturated heterocycles. The normalized spacial score (nSPS) is 12.3. The van der Waals surface area contributed by atoms with Crippen LogP contribution in [0.4, 0.5) is 5.69 Å². The van der Waals surface area contributed by atoms with Crippen molar-refractivity contribution >= 4 is 44.8 Å². The standard InChI is InChI=1S/C15H14BrCl2N/c1-9-7-13(16)15(8-14(9)18)19-10(2)11-3-5-12(17)6-4-11/h3-8,10,19H,1-2H3. The van der Waals surface area contributed by atoms with Gasteiger partial charge < -0.3 is 5.32 Å². The van der Waals surface area contributed by atoms with E-state index in [2.05, 4.69) is 28.2 Å². The van der Waals surface area contributed by atoms with Crippen LogP contribution in [-0.4, -0.2) is 0 Å². The minimum absolute atomic E-state index is 0.173. The molecule has 0 saturated carbocycles. The Kier molecular flexibility index (Phi) is 4.77. The van der Waals surface area contributed by atoms with Crippen molar-refractivity contribution in [3.8, 4) is 0 Å². The first-order valence-electron chi connectivity index (χ1n) is 5.95. The van der Waals surface area contributed by atoms with Crippen molar-refractivity contribution in [1.82, 2.24) is 0 Å². The summed E-state index contributed by atoms with van der Waals surface area (Å²) in [5.41, 5.74) is 3.21. The largest absolute Gasteiger partial charge is 0.378 e. The molecule has 100 valence electrons. The first kappa shape index (κ1) is 14.7. The number of rotatable bonds is 3. The molecule has 1 unspecified atom stereocenters. The van der Waals surface area contributed by atoms with Gasteiger partial charge in [0.2, 0.25) is 0 Å². The van der Waals surface area contributed by atoms with Gasteiger partial charge in [0.05, 0.1) is 5.69 Å². The van der Waals surface area contributed by atoms with E-state index in [1.807, 2.05) is 43.3 Å². The van der Waals surface area contributed by atoms with E-state index in [-0.39, 0.29) is 6.04 Å². The number of halogens is 3. The molecule has 0 fully saturated rings. The van der Waals surface area contributed by atoms with Crippen molar-refractivity contribution in [3.05, 3.63) is 62.0 Å². The lowest BCUT2D eigenvalue weighted by Gasteiger charge is -2.18. The second-order valence-electron chi connectivity index (χ2n) is 4.50. The molecule has 0 aliphatic heterocycles. The highest BCUT2D eigenvalue weighted by Gasteiger charge is 2.09. The molecular weight excluding hydrogens is 345 g/mol. The minimum Gasteiger partial charge on any atom is -0.378 e. The maximum atomic E-state index is 6.16. The predicted octanol–water partition coefficient (Wildman–Crippen LogP) is 6.24. The summed E-state index contributed by atoms with van der Waals surface area (Å²) in [6.07, 6.45) is 0. The summed E-state index contributed by atoms with van der Waals surface area (Å²) in [6.45, 7) is 4.09. The van der Waals surface area contributed by atoms with E-state index in [4.69, 9.17) is 23.2 Å². The van der Waals surface area contributed by atoms with Crippen molar-refractivity contribution in [2.24, 2.45) is 0 Å². The second kappa shape index (κ2) is 6.17. The van der Waals surface area contributed by atoms with Crippen molar-refractivity contribution in [2.45, 2.75) is 19.9 Å². The van der Waals surface area contributed by atoms with Crippen LogP contribution in [0.3, 0.4) is 0 Å². The van der Waals surface area contributed by atoms with E-state index in [0.29, 0.717) is 0 Å². The van der Waals surface area contributed by atoms with Gasteiger partial charge in [-0.3, -0.25) is 0 Å². The molecule has 0 radical (unpaired) electrons. The Labute approximate surface area is 132 Å². The SMILES string of the molecule is Cc1cc(Br)c(NC(C)c2ccc(Cl)cc2)cc1Cl. The third-order valence-corrected chi connectivity index (χ3v) is 4.31. The zero-order chi connectivity index (χ0) is 14.0. The maximum absolute atomic E-state index is 6.16. The van der Waals surface area contributed by atoms with Crippen molar-refractivity contribution < 1.29 is 0 Å². The molecule has 0 heterocycles. The van der Waals surface area contributed by atoms with Crippen LogP contribution >= 0.6 is 39.1 Å². The molecule has 0 spiro atoms. The van der Waals surface area contributed by atoms with Crippen LogP contribution in [0.5, 0.6) is 0 Å². The van der Waals surface area contributed by atoms with Crippen LogP contribution in [0.1, 0.15) is 24.1 Å². The monoisotopic (exact) mass is 357 g/mol. The highest BCUT2D eigenvalue weighted by molar-refractivity contribution is 9.10. The fraction of sp³-hybridized carbons (Fsp3) is 0.200. The fourth-order valence-corrected chi connectivity index (χ4v) is 2.69. The van der Waals surface area contributed by atoms with Gasteiger partial charge in [0.1, 0.15) is 0 Å². The Hall–Kier alpha value is -0.700.